The number of hydrogen-bond donors (Lipinski definition) is 3. The van der Waals surface area contributed by atoms with Crippen LogP contribution in [0.2, 0.25) is 0 Å². The van der Waals surface area contributed by atoms with Gasteiger partial charge in [0.15, 0.2) is 0 Å². The quantitative estimate of drug-likeness (QED) is 0.756. The highest BCUT2D eigenvalue weighted by Crippen LogP contribution is 2.21. The molecule has 1 unspecified atom stereocenters. The second-order valence-corrected chi connectivity index (χ2v) is 5.46. The number of hydrogen-bond acceptors (Lipinski definition) is 3. The lowest BCUT2D eigenvalue weighted by molar-refractivity contribution is 0.172. The first kappa shape index (κ1) is 17.2. The molecule has 2 amide bonds. The van der Waals surface area contributed by atoms with E-state index >= 15 is 0 Å². The number of carbonyl (C=O) groups excluding carboxylic acids is 1. The van der Waals surface area contributed by atoms with E-state index < -0.39 is 17.4 Å². The first-order chi connectivity index (χ1) is 9.79. The Labute approximate surface area is 124 Å². The summed E-state index contributed by atoms with van der Waals surface area (Å²) in [6.07, 6.45) is 0.502. The average Bonchev–Trinajstić information content (AvgIpc) is 2.41. The van der Waals surface area contributed by atoms with Gasteiger partial charge in [0.1, 0.15) is 11.6 Å². The van der Waals surface area contributed by atoms with Crippen LogP contribution in [0.3, 0.4) is 0 Å². The van der Waals surface area contributed by atoms with Crippen molar-refractivity contribution in [2.24, 2.45) is 0 Å². The van der Waals surface area contributed by atoms with Crippen LogP contribution in [0.4, 0.5) is 14.9 Å². The number of nitrogens with one attached hydrogen (secondary N) is 2. The zero-order valence-electron chi connectivity index (χ0n) is 12.9. The highest BCUT2D eigenvalue weighted by atomic mass is 19.1. The van der Waals surface area contributed by atoms with Crippen LogP contribution in [0.1, 0.15) is 34.1 Å². The standard InChI is InChI=1S/C15H23FN2O3/c1-5-15(4,9-19)18-14(20)17-13-7-6-11(8-12(13)16)21-10(2)3/h6-8,10,19H,5,9H2,1-4H3,(H2,17,18,20). The molecule has 6 heteroatoms. The summed E-state index contributed by atoms with van der Waals surface area (Å²) in [6, 6.07) is 3.68. The number of aliphatic hydroxyl groups is 1. The van der Waals surface area contributed by atoms with E-state index in [1.165, 1.54) is 12.1 Å². The third-order valence-electron chi connectivity index (χ3n) is 3.11. The number of benzene rings is 1. The Bertz CT molecular complexity index is 488. The molecule has 0 aliphatic rings. The van der Waals surface area contributed by atoms with Gasteiger partial charge < -0.3 is 20.5 Å². The average molecular weight is 298 g/mol. The Morgan fingerprint density at radius 3 is 2.62 bits per heavy atom. The maximum atomic E-state index is 13.9. The Morgan fingerprint density at radius 1 is 1.48 bits per heavy atom. The van der Waals surface area contributed by atoms with E-state index in [0.29, 0.717) is 12.2 Å². The lowest BCUT2D eigenvalue weighted by atomic mass is 10.0. The predicted octanol–water partition coefficient (Wildman–Crippen LogP) is 2.90. The number of aliphatic hydroxyl groups excluding tert-OH is 1. The topological polar surface area (TPSA) is 70.6 Å². The summed E-state index contributed by atoms with van der Waals surface area (Å²) in [4.78, 5) is 11.8. The maximum absolute atomic E-state index is 13.9. The van der Waals surface area contributed by atoms with Crippen LogP contribution in [-0.4, -0.2) is 29.4 Å². The number of amides is 2. The SMILES string of the molecule is CCC(C)(CO)NC(=O)Nc1ccc(OC(C)C)cc1F. The highest BCUT2D eigenvalue weighted by molar-refractivity contribution is 5.90. The van der Waals surface area contributed by atoms with Crippen molar-refractivity contribution in [3.8, 4) is 5.75 Å². The van der Waals surface area contributed by atoms with Gasteiger partial charge in [0.25, 0.3) is 0 Å². The number of rotatable bonds is 6. The van der Waals surface area contributed by atoms with Crippen LogP contribution in [0.25, 0.3) is 0 Å². The molecule has 0 aliphatic heterocycles. The lowest BCUT2D eigenvalue weighted by Crippen LogP contribution is -2.50. The largest absolute Gasteiger partial charge is 0.491 e. The summed E-state index contributed by atoms with van der Waals surface area (Å²) in [5, 5.41) is 14.3. The van der Waals surface area contributed by atoms with E-state index in [2.05, 4.69) is 10.6 Å². The van der Waals surface area contributed by atoms with Gasteiger partial charge in [-0.3, -0.25) is 0 Å². The Morgan fingerprint density at radius 2 is 2.14 bits per heavy atom. The van der Waals surface area contributed by atoms with E-state index in [4.69, 9.17) is 4.74 Å². The van der Waals surface area contributed by atoms with Crippen molar-refractivity contribution in [1.29, 1.82) is 0 Å². The molecule has 0 heterocycles. The zero-order chi connectivity index (χ0) is 16.0. The summed E-state index contributed by atoms with van der Waals surface area (Å²) in [5.41, 5.74) is -0.679. The van der Waals surface area contributed by atoms with E-state index in [9.17, 15) is 14.3 Å². The van der Waals surface area contributed by atoms with Crippen LogP contribution in [-0.2, 0) is 0 Å². The molecule has 0 radical (unpaired) electrons. The lowest BCUT2D eigenvalue weighted by Gasteiger charge is -2.27. The molecule has 0 aromatic heterocycles. The smallest absolute Gasteiger partial charge is 0.319 e. The number of ether oxygens (including phenoxy) is 1. The summed E-state index contributed by atoms with van der Waals surface area (Å²) in [5.74, 6) is -0.173. The minimum atomic E-state index is -0.735. The third kappa shape index (κ3) is 5.23. The fraction of sp³-hybridized carbons (Fsp3) is 0.533. The summed E-state index contributed by atoms with van der Waals surface area (Å²) < 4.78 is 19.3. The molecular formula is C15H23FN2O3. The Kier molecular flexibility index (Phi) is 5.96. The van der Waals surface area contributed by atoms with Crippen molar-refractivity contribution in [2.45, 2.75) is 45.8 Å². The van der Waals surface area contributed by atoms with Crippen LogP contribution in [0.15, 0.2) is 18.2 Å². The van der Waals surface area contributed by atoms with Gasteiger partial charge in [-0.05, 0) is 39.3 Å². The normalized spacial score (nSPS) is 13.7. The van der Waals surface area contributed by atoms with Crippen molar-refractivity contribution in [3.63, 3.8) is 0 Å². The first-order valence-corrected chi connectivity index (χ1v) is 6.96. The summed E-state index contributed by atoms with van der Waals surface area (Å²) >= 11 is 0. The van der Waals surface area contributed by atoms with Crippen LogP contribution in [0, 0.1) is 5.82 Å². The van der Waals surface area contributed by atoms with Crippen molar-refractivity contribution in [2.75, 3.05) is 11.9 Å². The number of carbonyl (C=O) groups is 1. The number of halogens is 1. The molecule has 1 aromatic carbocycles. The molecule has 1 rings (SSSR count). The monoisotopic (exact) mass is 298 g/mol. The zero-order valence-corrected chi connectivity index (χ0v) is 12.9. The maximum Gasteiger partial charge on any atom is 0.319 e. The third-order valence-corrected chi connectivity index (χ3v) is 3.11. The molecule has 0 spiro atoms. The molecular weight excluding hydrogens is 275 g/mol. The van der Waals surface area contributed by atoms with Gasteiger partial charge in [-0.15, -0.1) is 0 Å². The molecule has 0 saturated heterocycles. The fourth-order valence-electron chi connectivity index (χ4n) is 1.61. The van der Waals surface area contributed by atoms with Gasteiger partial charge in [0.2, 0.25) is 0 Å². The predicted molar refractivity (Wildman–Crippen MR) is 80.1 cm³/mol. The second kappa shape index (κ2) is 7.26. The molecule has 0 aliphatic carbocycles. The van der Waals surface area contributed by atoms with E-state index in [1.54, 1.807) is 13.0 Å². The van der Waals surface area contributed by atoms with Crippen molar-refractivity contribution < 1.29 is 19.0 Å². The Hall–Kier alpha value is -1.82. The summed E-state index contributed by atoms with van der Waals surface area (Å²) in [7, 11) is 0. The van der Waals surface area contributed by atoms with Crippen LogP contribution >= 0.6 is 0 Å². The summed E-state index contributed by atoms with van der Waals surface area (Å²) in [6.45, 7) is 7.05. The van der Waals surface area contributed by atoms with Gasteiger partial charge in [0, 0.05) is 6.07 Å². The molecule has 1 atom stereocenters. The molecule has 0 fully saturated rings. The number of urea groups is 1. The second-order valence-electron chi connectivity index (χ2n) is 5.46. The van der Waals surface area contributed by atoms with Crippen LogP contribution < -0.4 is 15.4 Å². The first-order valence-electron chi connectivity index (χ1n) is 6.96. The van der Waals surface area contributed by atoms with E-state index in [0.717, 1.165) is 0 Å². The minimum Gasteiger partial charge on any atom is -0.491 e. The minimum absolute atomic E-state index is 0.0543. The molecule has 21 heavy (non-hydrogen) atoms. The van der Waals surface area contributed by atoms with Crippen molar-refractivity contribution in [1.82, 2.24) is 5.32 Å². The van der Waals surface area contributed by atoms with Gasteiger partial charge in [-0.25, -0.2) is 9.18 Å². The van der Waals surface area contributed by atoms with Gasteiger partial charge in [-0.1, -0.05) is 6.92 Å². The molecule has 5 nitrogen and oxygen atoms in total. The Balaban J connectivity index is 2.73. The molecule has 1 aromatic rings. The molecule has 118 valence electrons. The van der Waals surface area contributed by atoms with Crippen LogP contribution in [0.5, 0.6) is 5.75 Å². The van der Waals surface area contributed by atoms with Gasteiger partial charge >= 0.3 is 6.03 Å². The van der Waals surface area contributed by atoms with E-state index in [-0.39, 0.29) is 18.4 Å². The molecule has 3 N–H and O–H groups in total. The van der Waals surface area contributed by atoms with Gasteiger partial charge in [0.05, 0.1) is 23.9 Å². The highest BCUT2D eigenvalue weighted by Gasteiger charge is 2.23. The molecule has 0 bridgehead atoms. The number of anilines is 1. The van der Waals surface area contributed by atoms with Gasteiger partial charge in [-0.2, -0.15) is 0 Å². The van der Waals surface area contributed by atoms with Crippen molar-refractivity contribution in [3.05, 3.63) is 24.0 Å². The van der Waals surface area contributed by atoms with E-state index in [1.807, 2.05) is 20.8 Å². The molecule has 0 saturated carbocycles. The van der Waals surface area contributed by atoms with Crippen molar-refractivity contribution >= 4 is 11.7 Å². The fourth-order valence-corrected chi connectivity index (χ4v) is 1.61.